The molecule has 0 spiro atoms. The van der Waals surface area contributed by atoms with Gasteiger partial charge in [0, 0.05) is 19.1 Å². The van der Waals surface area contributed by atoms with E-state index < -0.39 is 10.2 Å². The Kier molecular flexibility index (Phi) is 3.43. The van der Waals surface area contributed by atoms with Crippen LogP contribution in [-0.2, 0) is 19.7 Å². The Labute approximate surface area is 82.4 Å². The van der Waals surface area contributed by atoms with Crippen molar-refractivity contribution in [2.24, 2.45) is 5.14 Å². The van der Waals surface area contributed by atoms with E-state index in [2.05, 4.69) is 10.1 Å². The number of ether oxygens (including phenoxy) is 1. The maximum absolute atomic E-state index is 10.7. The normalized spacial score (nSPS) is 19.0. The summed E-state index contributed by atoms with van der Waals surface area (Å²) in [4.78, 5) is 10.7. The fourth-order valence-corrected chi connectivity index (χ4v) is 1.85. The highest BCUT2D eigenvalue weighted by Crippen LogP contribution is 2.09. The zero-order valence-corrected chi connectivity index (χ0v) is 8.58. The summed E-state index contributed by atoms with van der Waals surface area (Å²) in [6, 6.07) is -0.0209. The van der Waals surface area contributed by atoms with Gasteiger partial charge in [-0.2, -0.15) is 12.7 Å². The Hall–Kier alpha value is -0.700. The van der Waals surface area contributed by atoms with Gasteiger partial charge in [-0.25, -0.2) is 5.14 Å². The predicted octanol–water partition coefficient (Wildman–Crippen LogP) is -2.36. The molecule has 1 saturated heterocycles. The number of hydrogen-bond acceptors (Lipinski definition) is 5. The third-order valence-electron chi connectivity index (χ3n) is 1.97. The minimum Gasteiger partial charge on any atom is -0.468 e. The molecule has 82 valence electrons. The summed E-state index contributed by atoms with van der Waals surface area (Å²) in [6.45, 7) is 0.686. The Bertz CT molecular complexity index is 309. The fourth-order valence-electron chi connectivity index (χ4n) is 1.07. The van der Waals surface area contributed by atoms with Crippen molar-refractivity contribution >= 4 is 16.2 Å². The van der Waals surface area contributed by atoms with Crippen LogP contribution >= 0.6 is 0 Å². The lowest BCUT2D eigenvalue weighted by Crippen LogP contribution is -2.61. The molecule has 1 aliphatic heterocycles. The summed E-state index contributed by atoms with van der Waals surface area (Å²) in [5.74, 6) is -0.376. The molecule has 1 aliphatic rings. The van der Waals surface area contributed by atoms with Crippen LogP contribution in [0.15, 0.2) is 0 Å². The first-order valence-electron chi connectivity index (χ1n) is 4.01. The number of esters is 1. The van der Waals surface area contributed by atoms with E-state index in [0.29, 0.717) is 13.1 Å². The van der Waals surface area contributed by atoms with Gasteiger partial charge in [0.1, 0.15) is 0 Å². The van der Waals surface area contributed by atoms with Crippen LogP contribution in [0, 0.1) is 0 Å². The second-order valence-electron chi connectivity index (χ2n) is 3.02. The second kappa shape index (κ2) is 4.22. The lowest BCUT2D eigenvalue weighted by Gasteiger charge is -2.36. The molecule has 1 rings (SSSR count). The molecule has 7 nitrogen and oxygen atoms in total. The Morgan fingerprint density at radius 2 is 2.21 bits per heavy atom. The van der Waals surface area contributed by atoms with Crippen LogP contribution in [0.3, 0.4) is 0 Å². The van der Waals surface area contributed by atoms with E-state index in [1.54, 1.807) is 0 Å². The molecule has 0 amide bonds. The summed E-state index contributed by atoms with van der Waals surface area (Å²) in [7, 11) is -2.27. The highest BCUT2D eigenvalue weighted by Gasteiger charge is 2.33. The molecule has 1 fully saturated rings. The van der Waals surface area contributed by atoms with E-state index in [4.69, 9.17) is 5.14 Å². The van der Waals surface area contributed by atoms with Gasteiger partial charge in [-0.1, -0.05) is 0 Å². The lowest BCUT2D eigenvalue weighted by molar-refractivity contribution is -0.139. The van der Waals surface area contributed by atoms with Gasteiger partial charge in [0.25, 0.3) is 10.2 Å². The molecule has 0 bridgehead atoms. The molecule has 0 atom stereocenters. The van der Waals surface area contributed by atoms with Gasteiger partial charge in [-0.15, -0.1) is 0 Å². The smallest absolute Gasteiger partial charge is 0.319 e. The molecule has 14 heavy (non-hydrogen) atoms. The second-order valence-corrected chi connectivity index (χ2v) is 4.56. The van der Waals surface area contributed by atoms with Crippen LogP contribution in [0.1, 0.15) is 0 Å². The van der Waals surface area contributed by atoms with Crippen LogP contribution in [0.2, 0.25) is 0 Å². The van der Waals surface area contributed by atoms with Crippen molar-refractivity contribution < 1.29 is 17.9 Å². The average Bonchev–Trinajstić information content (AvgIpc) is 1.98. The molecule has 1 heterocycles. The van der Waals surface area contributed by atoms with Gasteiger partial charge in [0.05, 0.1) is 13.7 Å². The fraction of sp³-hybridized carbons (Fsp3) is 0.833. The molecule has 0 aliphatic carbocycles. The van der Waals surface area contributed by atoms with Crippen molar-refractivity contribution in [3.63, 3.8) is 0 Å². The number of rotatable bonds is 4. The van der Waals surface area contributed by atoms with Gasteiger partial charge in [-0.3, -0.25) is 4.79 Å². The van der Waals surface area contributed by atoms with Crippen molar-refractivity contribution in [2.45, 2.75) is 6.04 Å². The van der Waals surface area contributed by atoms with Crippen LogP contribution < -0.4 is 10.5 Å². The third kappa shape index (κ3) is 2.91. The quantitative estimate of drug-likeness (QED) is 0.519. The maximum Gasteiger partial charge on any atom is 0.319 e. The molecular formula is C6H13N3O4S. The summed E-state index contributed by atoms with van der Waals surface area (Å²) < 4.78 is 27.0. The summed E-state index contributed by atoms with van der Waals surface area (Å²) >= 11 is 0. The van der Waals surface area contributed by atoms with Crippen LogP contribution in [0.25, 0.3) is 0 Å². The zero-order valence-electron chi connectivity index (χ0n) is 7.76. The molecule has 0 aromatic rings. The molecule has 0 aromatic carbocycles. The molecular weight excluding hydrogens is 210 g/mol. The topological polar surface area (TPSA) is 102 Å². The molecule has 0 radical (unpaired) electrons. The summed E-state index contributed by atoms with van der Waals surface area (Å²) in [6.07, 6.45) is 0. The van der Waals surface area contributed by atoms with Gasteiger partial charge in [0.2, 0.25) is 0 Å². The number of nitrogens with one attached hydrogen (secondary N) is 1. The van der Waals surface area contributed by atoms with Gasteiger partial charge in [-0.05, 0) is 0 Å². The SMILES string of the molecule is COC(=O)CNC1CN(S(N)(=O)=O)C1. The number of carbonyl (C=O) groups excluding carboxylic acids is 1. The Morgan fingerprint density at radius 3 is 2.64 bits per heavy atom. The summed E-state index contributed by atoms with van der Waals surface area (Å²) in [5, 5.41) is 7.70. The van der Waals surface area contributed by atoms with E-state index in [9.17, 15) is 13.2 Å². The predicted molar refractivity (Wildman–Crippen MR) is 48.5 cm³/mol. The molecule has 0 unspecified atom stereocenters. The first kappa shape index (κ1) is 11.4. The number of carbonyl (C=O) groups is 1. The molecule has 0 saturated carbocycles. The lowest BCUT2D eigenvalue weighted by atomic mass is 10.2. The van der Waals surface area contributed by atoms with Gasteiger partial charge < -0.3 is 10.1 Å². The van der Waals surface area contributed by atoms with Crippen molar-refractivity contribution in [2.75, 3.05) is 26.7 Å². The first-order valence-corrected chi connectivity index (χ1v) is 5.52. The summed E-state index contributed by atoms with van der Waals surface area (Å²) in [5.41, 5.74) is 0. The number of hydrogen-bond donors (Lipinski definition) is 2. The highest BCUT2D eigenvalue weighted by atomic mass is 32.2. The van der Waals surface area contributed by atoms with Crippen LogP contribution in [-0.4, -0.2) is 51.5 Å². The zero-order chi connectivity index (χ0) is 10.8. The van der Waals surface area contributed by atoms with Crippen molar-refractivity contribution in [3.8, 4) is 0 Å². The van der Waals surface area contributed by atoms with E-state index in [1.165, 1.54) is 7.11 Å². The van der Waals surface area contributed by atoms with E-state index >= 15 is 0 Å². The Morgan fingerprint density at radius 1 is 1.64 bits per heavy atom. The van der Waals surface area contributed by atoms with Crippen molar-refractivity contribution in [1.82, 2.24) is 9.62 Å². The highest BCUT2D eigenvalue weighted by molar-refractivity contribution is 7.86. The standard InChI is InChI=1S/C6H13N3O4S/c1-13-6(10)2-8-5-3-9(4-5)14(7,11)12/h5,8H,2-4H2,1H3,(H2,7,11,12). The first-order chi connectivity index (χ1) is 6.43. The van der Waals surface area contributed by atoms with E-state index in [-0.39, 0.29) is 18.6 Å². The van der Waals surface area contributed by atoms with E-state index in [0.717, 1.165) is 4.31 Å². The number of nitrogens with zero attached hydrogens (tertiary/aromatic N) is 1. The maximum atomic E-state index is 10.7. The minimum atomic E-state index is -3.57. The molecule has 8 heteroatoms. The van der Waals surface area contributed by atoms with Crippen molar-refractivity contribution in [1.29, 1.82) is 0 Å². The third-order valence-corrected chi connectivity index (χ3v) is 2.99. The van der Waals surface area contributed by atoms with Crippen LogP contribution in [0.5, 0.6) is 0 Å². The Balaban J connectivity index is 2.20. The largest absolute Gasteiger partial charge is 0.468 e. The van der Waals surface area contributed by atoms with Crippen LogP contribution in [0.4, 0.5) is 0 Å². The van der Waals surface area contributed by atoms with Crippen molar-refractivity contribution in [3.05, 3.63) is 0 Å². The van der Waals surface area contributed by atoms with Gasteiger partial charge >= 0.3 is 5.97 Å². The number of nitrogens with two attached hydrogens (primary N) is 1. The van der Waals surface area contributed by atoms with Gasteiger partial charge in [0.15, 0.2) is 0 Å². The molecule has 0 aromatic heterocycles. The molecule has 3 N–H and O–H groups in total. The monoisotopic (exact) mass is 223 g/mol. The minimum absolute atomic E-state index is 0.0209. The number of methoxy groups -OCH3 is 1. The average molecular weight is 223 g/mol. The van der Waals surface area contributed by atoms with E-state index in [1.807, 2.05) is 0 Å².